The third-order valence-electron chi connectivity index (χ3n) is 4.76. The lowest BCUT2D eigenvalue weighted by Crippen LogP contribution is -2.38. The summed E-state index contributed by atoms with van der Waals surface area (Å²) in [5.74, 6) is -0.880. The second kappa shape index (κ2) is 9.13. The van der Waals surface area contributed by atoms with Gasteiger partial charge in [0.05, 0.1) is 18.1 Å². The largest absolute Gasteiger partial charge is 0.390 e. The second-order valence-corrected chi connectivity index (χ2v) is 7.69. The van der Waals surface area contributed by atoms with Gasteiger partial charge in [-0.25, -0.2) is 4.79 Å². The van der Waals surface area contributed by atoms with E-state index in [1.165, 1.54) is 6.92 Å². The number of nitrogens with zero attached hydrogens (tertiary/aromatic N) is 1. The van der Waals surface area contributed by atoms with Crippen molar-refractivity contribution in [2.24, 2.45) is 0 Å². The molecule has 3 atom stereocenters. The SMILES string of the molecule is CC(=O)c1cn([C@H]2C[C@H](O)[C@@H](CNC(=O)Cc3c(Cl)cccc3Cl)O2)c(=O)[nH]c1=O. The standard InChI is InChI=1S/C19H19Cl2N3O6/c1-9(25)11-8-24(19(29)23-18(11)28)17-6-14(26)15(30-17)7-22-16(27)5-10-12(20)3-2-4-13(10)21/h2-4,8,14-15,17,26H,5-7H2,1H3,(H,22,27)(H,23,28,29)/t14-,15+,17+/m0/s1. The molecule has 0 radical (unpaired) electrons. The van der Waals surface area contributed by atoms with Crippen LogP contribution in [0.1, 0.15) is 35.5 Å². The molecule has 2 aromatic rings. The molecule has 1 aliphatic rings. The molecular weight excluding hydrogens is 437 g/mol. The summed E-state index contributed by atoms with van der Waals surface area (Å²) >= 11 is 12.1. The number of carbonyl (C=O) groups is 2. The number of nitrogens with one attached hydrogen (secondary N) is 2. The van der Waals surface area contributed by atoms with Crippen molar-refractivity contribution < 1.29 is 19.4 Å². The molecule has 0 bridgehead atoms. The molecule has 0 aliphatic carbocycles. The summed E-state index contributed by atoms with van der Waals surface area (Å²) in [4.78, 5) is 49.7. The molecule has 1 aromatic carbocycles. The predicted molar refractivity (Wildman–Crippen MR) is 109 cm³/mol. The highest BCUT2D eigenvalue weighted by atomic mass is 35.5. The Hall–Kier alpha value is -2.46. The van der Waals surface area contributed by atoms with E-state index >= 15 is 0 Å². The minimum Gasteiger partial charge on any atom is -0.390 e. The third kappa shape index (κ3) is 4.81. The van der Waals surface area contributed by atoms with E-state index in [1.54, 1.807) is 18.2 Å². The van der Waals surface area contributed by atoms with Crippen LogP contribution in [0.4, 0.5) is 0 Å². The van der Waals surface area contributed by atoms with Crippen molar-refractivity contribution in [3.63, 3.8) is 0 Å². The zero-order chi connectivity index (χ0) is 22.0. The maximum absolute atomic E-state index is 12.2. The minimum absolute atomic E-state index is 0.0176. The summed E-state index contributed by atoms with van der Waals surface area (Å²) in [5, 5.41) is 13.6. The lowest BCUT2D eigenvalue weighted by molar-refractivity contribution is -0.121. The van der Waals surface area contributed by atoms with Gasteiger partial charge < -0.3 is 15.2 Å². The van der Waals surface area contributed by atoms with Gasteiger partial charge in [0, 0.05) is 29.2 Å². The van der Waals surface area contributed by atoms with Crippen LogP contribution in [0.3, 0.4) is 0 Å². The molecule has 1 fully saturated rings. The zero-order valence-electron chi connectivity index (χ0n) is 15.9. The lowest BCUT2D eigenvalue weighted by atomic mass is 10.1. The smallest absolute Gasteiger partial charge is 0.330 e. The van der Waals surface area contributed by atoms with Crippen molar-refractivity contribution in [2.75, 3.05) is 6.54 Å². The average Bonchev–Trinajstić information content (AvgIpc) is 3.03. The molecule has 30 heavy (non-hydrogen) atoms. The van der Waals surface area contributed by atoms with Crippen LogP contribution in [0.15, 0.2) is 34.0 Å². The van der Waals surface area contributed by atoms with E-state index in [1.807, 2.05) is 0 Å². The molecule has 11 heteroatoms. The number of aromatic nitrogens is 2. The summed E-state index contributed by atoms with van der Waals surface area (Å²) < 4.78 is 6.72. The van der Waals surface area contributed by atoms with E-state index in [-0.39, 0.29) is 30.9 Å². The quantitative estimate of drug-likeness (QED) is 0.558. The zero-order valence-corrected chi connectivity index (χ0v) is 17.4. The minimum atomic E-state index is -0.973. The summed E-state index contributed by atoms with van der Waals surface area (Å²) in [6.07, 6.45) is -1.56. The topological polar surface area (TPSA) is 130 Å². The van der Waals surface area contributed by atoms with Gasteiger partial charge in [0.25, 0.3) is 5.56 Å². The number of Topliss-reactive ketones (excluding diaryl/α,β-unsaturated/α-hetero) is 1. The average molecular weight is 456 g/mol. The van der Waals surface area contributed by atoms with E-state index in [9.17, 15) is 24.3 Å². The third-order valence-corrected chi connectivity index (χ3v) is 5.47. The number of ketones is 1. The van der Waals surface area contributed by atoms with Gasteiger partial charge in [-0.05, 0) is 24.6 Å². The first-order valence-corrected chi connectivity index (χ1v) is 9.82. The molecule has 0 unspecified atom stereocenters. The Kier molecular flexibility index (Phi) is 6.77. The molecular formula is C19H19Cl2N3O6. The molecule has 1 amide bonds. The van der Waals surface area contributed by atoms with E-state index in [2.05, 4.69) is 10.3 Å². The molecule has 1 aliphatic heterocycles. The number of halogens is 2. The van der Waals surface area contributed by atoms with Crippen molar-refractivity contribution >= 4 is 34.9 Å². The van der Waals surface area contributed by atoms with Crippen molar-refractivity contribution in [1.29, 1.82) is 0 Å². The number of hydrogen-bond donors (Lipinski definition) is 3. The summed E-state index contributed by atoms with van der Waals surface area (Å²) in [6, 6.07) is 4.93. The fraction of sp³-hybridized carbons (Fsp3) is 0.368. The molecule has 2 heterocycles. The number of carbonyl (C=O) groups excluding carboxylic acids is 2. The van der Waals surface area contributed by atoms with Crippen molar-refractivity contribution in [3.05, 3.63) is 66.4 Å². The Morgan fingerprint density at radius 2 is 1.97 bits per heavy atom. The highest BCUT2D eigenvalue weighted by Gasteiger charge is 2.36. The molecule has 0 spiro atoms. The highest BCUT2D eigenvalue weighted by molar-refractivity contribution is 6.36. The van der Waals surface area contributed by atoms with Gasteiger partial charge in [-0.1, -0.05) is 29.3 Å². The Balaban J connectivity index is 1.65. The number of ether oxygens (including phenoxy) is 1. The van der Waals surface area contributed by atoms with E-state index in [4.69, 9.17) is 27.9 Å². The van der Waals surface area contributed by atoms with Crippen LogP contribution in [0.5, 0.6) is 0 Å². The monoisotopic (exact) mass is 455 g/mol. The van der Waals surface area contributed by atoms with E-state index < -0.39 is 35.5 Å². The number of H-pyrrole nitrogens is 1. The van der Waals surface area contributed by atoms with Gasteiger partial charge in [-0.2, -0.15) is 0 Å². The van der Waals surface area contributed by atoms with Crippen LogP contribution in [0, 0.1) is 0 Å². The number of amides is 1. The number of hydrogen-bond acceptors (Lipinski definition) is 6. The molecule has 1 aromatic heterocycles. The van der Waals surface area contributed by atoms with Gasteiger partial charge in [0.2, 0.25) is 5.91 Å². The highest BCUT2D eigenvalue weighted by Crippen LogP contribution is 2.28. The maximum Gasteiger partial charge on any atom is 0.330 e. The first kappa shape index (κ1) is 22.2. The van der Waals surface area contributed by atoms with Gasteiger partial charge >= 0.3 is 5.69 Å². The van der Waals surface area contributed by atoms with Crippen molar-refractivity contribution in [1.82, 2.24) is 14.9 Å². The Bertz CT molecular complexity index is 1080. The van der Waals surface area contributed by atoms with E-state index in [0.717, 1.165) is 10.8 Å². The van der Waals surface area contributed by atoms with Crippen LogP contribution in [0.2, 0.25) is 10.0 Å². The lowest BCUT2D eigenvalue weighted by Gasteiger charge is -2.17. The van der Waals surface area contributed by atoms with Gasteiger partial charge in [0.1, 0.15) is 12.3 Å². The Morgan fingerprint density at radius 1 is 1.30 bits per heavy atom. The van der Waals surface area contributed by atoms with Crippen molar-refractivity contribution in [3.8, 4) is 0 Å². The van der Waals surface area contributed by atoms with Crippen LogP contribution in [-0.4, -0.2) is 45.1 Å². The van der Waals surface area contributed by atoms with Crippen LogP contribution in [-0.2, 0) is 16.0 Å². The predicted octanol–water partition coefficient (Wildman–Crippen LogP) is 1.05. The molecule has 3 rings (SSSR count). The van der Waals surface area contributed by atoms with Gasteiger partial charge in [-0.3, -0.25) is 23.9 Å². The Morgan fingerprint density at radius 3 is 2.60 bits per heavy atom. The fourth-order valence-electron chi connectivity index (χ4n) is 3.16. The van der Waals surface area contributed by atoms with Crippen molar-refractivity contribution in [2.45, 2.75) is 38.2 Å². The summed E-state index contributed by atoms with van der Waals surface area (Å²) in [5.41, 5.74) is -1.26. The number of rotatable bonds is 6. The first-order chi connectivity index (χ1) is 14.2. The van der Waals surface area contributed by atoms with E-state index in [0.29, 0.717) is 15.6 Å². The van der Waals surface area contributed by atoms with Gasteiger partial charge in [-0.15, -0.1) is 0 Å². The van der Waals surface area contributed by atoms with Crippen LogP contribution < -0.4 is 16.6 Å². The summed E-state index contributed by atoms with van der Waals surface area (Å²) in [6.45, 7) is 1.18. The molecule has 3 N–H and O–H groups in total. The molecule has 9 nitrogen and oxygen atoms in total. The van der Waals surface area contributed by atoms with Crippen LogP contribution in [0.25, 0.3) is 0 Å². The maximum atomic E-state index is 12.2. The van der Waals surface area contributed by atoms with Crippen LogP contribution >= 0.6 is 23.2 Å². The number of aromatic amines is 1. The molecule has 160 valence electrons. The summed E-state index contributed by atoms with van der Waals surface area (Å²) in [7, 11) is 0. The van der Waals surface area contributed by atoms with Gasteiger partial charge in [0.15, 0.2) is 5.78 Å². The number of benzene rings is 1. The fourth-order valence-corrected chi connectivity index (χ4v) is 3.69. The second-order valence-electron chi connectivity index (χ2n) is 6.88. The Labute approximate surface area is 180 Å². The molecule has 0 saturated carbocycles. The number of aliphatic hydroxyl groups excluding tert-OH is 1. The first-order valence-electron chi connectivity index (χ1n) is 9.07. The number of aliphatic hydroxyl groups is 1. The molecule has 1 saturated heterocycles. The normalized spacial score (nSPS) is 20.9.